The Labute approximate surface area is 337 Å². The van der Waals surface area contributed by atoms with Crippen molar-refractivity contribution in [2.45, 2.75) is 27.7 Å². The maximum atomic E-state index is 4.80. The van der Waals surface area contributed by atoms with Gasteiger partial charge in [-0.1, -0.05) is 78.4 Å². The third kappa shape index (κ3) is 7.79. The molecule has 9 aromatic rings. The molecule has 0 N–H and O–H groups in total. The summed E-state index contributed by atoms with van der Waals surface area (Å²) >= 11 is 0. The minimum absolute atomic E-state index is 0. The summed E-state index contributed by atoms with van der Waals surface area (Å²) in [6.45, 7) is 8.81. The van der Waals surface area contributed by atoms with Gasteiger partial charge in [0.1, 0.15) is 0 Å². The second-order valence-electron chi connectivity index (χ2n) is 13.7. The second kappa shape index (κ2) is 16.5. The van der Waals surface area contributed by atoms with E-state index in [4.69, 9.17) is 4.98 Å². The van der Waals surface area contributed by atoms with Gasteiger partial charge in [-0.2, -0.15) is 0 Å². The van der Waals surface area contributed by atoms with Gasteiger partial charge in [0.25, 0.3) is 0 Å². The van der Waals surface area contributed by atoms with E-state index >= 15 is 0 Å². The average Bonchev–Trinajstić information content (AvgIpc) is 3.22. The maximum Gasteiger partial charge on any atom is 0.0714 e. The van der Waals surface area contributed by atoms with E-state index in [0.717, 1.165) is 28.0 Å². The van der Waals surface area contributed by atoms with Crippen molar-refractivity contribution in [3.63, 3.8) is 0 Å². The van der Waals surface area contributed by atoms with Gasteiger partial charge in [-0.3, -0.25) is 4.98 Å². The van der Waals surface area contributed by atoms with E-state index in [2.05, 4.69) is 135 Å². The second-order valence-corrected chi connectivity index (χ2v) is 13.7. The molecule has 0 unspecified atom stereocenters. The fraction of sp³-hybridized carbons (Fsp3) is 0.0784. The summed E-state index contributed by atoms with van der Waals surface area (Å²) in [5.74, 6) is 0. The standard InChI is InChI=1S/C40H31N2.C11H8N.Ir/c1-25-17-19-42-37(20-25)31-12-8-13-32(22-31)39-26(2)21-27(3)40(28(39)4)36-24-38-34(14-9-18-41-38)33-16-15-30(23-35(33)36)29-10-6-5-7-11-29;1-2-6-10(7-3-1)11-8-4-5-9-12-11;/h5-11,13-24H,1-4H3;1-6,8-9H;/q2*-1;. The van der Waals surface area contributed by atoms with Crippen molar-refractivity contribution >= 4 is 21.7 Å². The fourth-order valence-corrected chi connectivity index (χ4v) is 7.57. The number of aryl methyl sites for hydroxylation is 3. The molecule has 1 radical (unpaired) electrons. The molecule has 0 saturated heterocycles. The number of hydrogen-bond acceptors (Lipinski definition) is 3. The SMILES string of the molecule is Cc1ccnc(-c2[c-]ccc(-c3c(C)cc(C)c(-c4cc5ncccc5c5ccc(-c6ccccc6)cc45)c3C)c2)c1.[Ir].[c-]1ccccc1-c1ccccn1. The van der Waals surface area contributed by atoms with Gasteiger partial charge in [-0.05, 0) is 125 Å². The molecule has 0 saturated carbocycles. The van der Waals surface area contributed by atoms with Crippen LogP contribution in [-0.2, 0) is 20.1 Å². The molecule has 9 rings (SSSR count). The third-order valence-corrected chi connectivity index (χ3v) is 10.00. The number of nitrogens with zero attached hydrogens (tertiary/aromatic N) is 3. The Morgan fingerprint density at radius 1 is 0.436 bits per heavy atom. The molecular weight excluding hydrogens is 847 g/mol. The summed E-state index contributed by atoms with van der Waals surface area (Å²) in [4.78, 5) is 13.6. The molecule has 4 heteroatoms. The molecule has 0 bridgehead atoms. The molecule has 55 heavy (non-hydrogen) atoms. The summed E-state index contributed by atoms with van der Waals surface area (Å²) < 4.78 is 0. The van der Waals surface area contributed by atoms with E-state index < -0.39 is 0 Å². The van der Waals surface area contributed by atoms with Crippen LogP contribution in [0.25, 0.3) is 77.6 Å². The van der Waals surface area contributed by atoms with Crippen LogP contribution in [0.2, 0.25) is 0 Å². The van der Waals surface area contributed by atoms with Gasteiger partial charge in [-0.25, -0.2) is 0 Å². The molecule has 0 aliphatic rings. The molecule has 269 valence electrons. The average molecular weight is 886 g/mol. The number of hydrogen-bond donors (Lipinski definition) is 0. The van der Waals surface area contributed by atoms with Crippen molar-refractivity contribution in [1.29, 1.82) is 0 Å². The smallest absolute Gasteiger partial charge is 0.0714 e. The van der Waals surface area contributed by atoms with Crippen LogP contribution in [0.5, 0.6) is 0 Å². The topological polar surface area (TPSA) is 38.7 Å². The van der Waals surface area contributed by atoms with Crippen LogP contribution < -0.4 is 0 Å². The quantitative estimate of drug-likeness (QED) is 0.128. The monoisotopic (exact) mass is 886 g/mol. The Morgan fingerprint density at radius 2 is 1.20 bits per heavy atom. The van der Waals surface area contributed by atoms with Crippen LogP contribution in [0.3, 0.4) is 0 Å². The first kappa shape index (κ1) is 37.3. The molecule has 3 heterocycles. The van der Waals surface area contributed by atoms with E-state index in [-0.39, 0.29) is 20.1 Å². The first-order valence-corrected chi connectivity index (χ1v) is 18.3. The van der Waals surface area contributed by atoms with E-state index in [9.17, 15) is 0 Å². The molecule has 3 aromatic heterocycles. The van der Waals surface area contributed by atoms with Gasteiger partial charge in [0.05, 0.1) is 5.52 Å². The molecule has 0 aliphatic heterocycles. The van der Waals surface area contributed by atoms with E-state index in [0.29, 0.717) is 0 Å². The van der Waals surface area contributed by atoms with Gasteiger partial charge in [-0.15, -0.1) is 71.3 Å². The zero-order chi connectivity index (χ0) is 37.0. The van der Waals surface area contributed by atoms with Crippen molar-refractivity contribution in [2.75, 3.05) is 0 Å². The van der Waals surface area contributed by atoms with Crippen molar-refractivity contribution in [3.05, 3.63) is 199 Å². The molecule has 0 amide bonds. The van der Waals surface area contributed by atoms with E-state index in [1.54, 1.807) is 6.20 Å². The summed E-state index contributed by atoms with van der Waals surface area (Å²) in [6.07, 6.45) is 5.54. The van der Waals surface area contributed by atoms with Gasteiger partial charge < -0.3 is 9.97 Å². The van der Waals surface area contributed by atoms with Gasteiger partial charge in [0, 0.05) is 44.1 Å². The van der Waals surface area contributed by atoms with Crippen molar-refractivity contribution in [3.8, 4) is 55.9 Å². The normalized spacial score (nSPS) is 10.8. The number of benzene rings is 6. The third-order valence-electron chi connectivity index (χ3n) is 10.00. The fourth-order valence-electron chi connectivity index (χ4n) is 7.57. The number of fused-ring (bicyclic) bond motifs is 3. The first-order chi connectivity index (χ1) is 26.4. The summed E-state index contributed by atoms with van der Waals surface area (Å²) in [7, 11) is 0. The minimum Gasteiger partial charge on any atom is -0.305 e. The molecule has 6 aromatic carbocycles. The zero-order valence-electron chi connectivity index (χ0n) is 31.3. The van der Waals surface area contributed by atoms with Crippen molar-refractivity contribution in [2.24, 2.45) is 0 Å². The van der Waals surface area contributed by atoms with Gasteiger partial charge in [0.15, 0.2) is 0 Å². The summed E-state index contributed by atoms with van der Waals surface area (Å²) in [5, 5.41) is 3.63. The minimum atomic E-state index is 0. The van der Waals surface area contributed by atoms with Crippen LogP contribution >= 0.6 is 0 Å². The maximum absolute atomic E-state index is 4.80. The number of rotatable bonds is 5. The van der Waals surface area contributed by atoms with E-state index in [1.807, 2.05) is 73.1 Å². The van der Waals surface area contributed by atoms with Gasteiger partial charge >= 0.3 is 0 Å². The molecule has 0 aliphatic carbocycles. The van der Waals surface area contributed by atoms with Crippen LogP contribution in [0.1, 0.15) is 22.3 Å². The Balaban J connectivity index is 0.000000305. The van der Waals surface area contributed by atoms with Gasteiger partial charge in [0.2, 0.25) is 0 Å². The van der Waals surface area contributed by atoms with Crippen LogP contribution in [0.15, 0.2) is 164 Å². The van der Waals surface area contributed by atoms with Crippen LogP contribution in [0.4, 0.5) is 0 Å². The Morgan fingerprint density at radius 3 is 1.98 bits per heavy atom. The Bertz CT molecular complexity index is 2710. The van der Waals surface area contributed by atoms with E-state index in [1.165, 1.54) is 71.8 Å². The molecule has 3 nitrogen and oxygen atoms in total. The zero-order valence-corrected chi connectivity index (χ0v) is 33.7. The number of pyridine rings is 3. The Hall–Kier alpha value is -6.06. The van der Waals surface area contributed by atoms with Crippen molar-refractivity contribution < 1.29 is 20.1 Å². The van der Waals surface area contributed by atoms with Crippen LogP contribution in [0, 0.1) is 39.8 Å². The Kier molecular flexibility index (Phi) is 11.2. The molecule has 0 spiro atoms. The summed E-state index contributed by atoms with van der Waals surface area (Å²) in [5.41, 5.74) is 17.3. The first-order valence-electron chi connectivity index (χ1n) is 18.3. The number of aromatic nitrogens is 3. The van der Waals surface area contributed by atoms with Crippen molar-refractivity contribution in [1.82, 2.24) is 15.0 Å². The molecule has 0 fully saturated rings. The predicted octanol–water partition coefficient (Wildman–Crippen LogP) is 13.0. The predicted molar refractivity (Wildman–Crippen MR) is 225 cm³/mol. The summed E-state index contributed by atoms with van der Waals surface area (Å²) in [6, 6.07) is 57.1. The largest absolute Gasteiger partial charge is 0.305 e. The molecular formula is C51H39IrN3-2. The molecule has 0 atom stereocenters. The van der Waals surface area contributed by atoms with Crippen LogP contribution in [-0.4, -0.2) is 15.0 Å².